The van der Waals surface area contributed by atoms with Crippen molar-refractivity contribution in [3.8, 4) is 0 Å². The molecule has 0 radical (unpaired) electrons. The molecule has 60 valence electrons. The number of aliphatic hydroxyl groups excluding tert-OH is 1. The first kappa shape index (κ1) is 9.95. The highest BCUT2D eigenvalue weighted by molar-refractivity contribution is 6.20. The van der Waals surface area contributed by atoms with Gasteiger partial charge in [-0.3, -0.25) is 0 Å². The zero-order valence-electron chi connectivity index (χ0n) is 6.14. The van der Waals surface area contributed by atoms with Crippen LogP contribution in [0.25, 0.3) is 0 Å². The molecule has 1 atom stereocenters. The highest BCUT2D eigenvalue weighted by Gasteiger charge is 2.00. The Labute approximate surface area is 66.5 Å². The summed E-state index contributed by atoms with van der Waals surface area (Å²) in [7, 11) is 0. The van der Waals surface area contributed by atoms with E-state index in [2.05, 4.69) is 6.58 Å². The van der Waals surface area contributed by atoms with Gasteiger partial charge < -0.3 is 9.84 Å². The van der Waals surface area contributed by atoms with E-state index in [0.29, 0.717) is 13.2 Å². The quantitative estimate of drug-likeness (QED) is 0.489. The Morgan fingerprint density at radius 3 is 2.80 bits per heavy atom. The molecule has 2 nitrogen and oxygen atoms in total. The van der Waals surface area contributed by atoms with Crippen molar-refractivity contribution in [3.63, 3.8) is 0 Å². The Hall–Kier alpha value is -0.0500. The topological polar surface area (TPSA) is 29.5 Å². The minimum atomic E-state index is -0.292. The normalized spacial score (nSPS) is 13.1. The monoisotopic (exact) mass is 164 g/mol. The lowest BCUT2D eigenvalue weighted by atomic mass is 10.4. The summed E-state index contributed by atoms with van der Waals surface area (Å²) in [4.78, 5) is 0. The predicted octanol–water partition coefficient (Wildman–Crippen LogP) is 1.18. The highest BCUT2D eigenvalue weighted by atomic mass is 35.5. The number of ether oxygens (including phenoxy) is 1. The van der Waals surface area contributed by atoms with Gasteiger partial charge >= 0.3 is 0 Å². The van der Waals surface area contributed by atoms with Crippen molar-refractivity contribution < 1.29 is 9.84 Å². The molecule has 0 aliphatic rings. The number of rotatable bonds is 5. The lowest BCUT2D eigenvalue weighted by Gasteiger charge is -2.06. The first-order chi connectivity index (χ1) is 4.66. The fourth-order valence-electron chi connectivity index (χ4n) is 0.414. The zero-order chi connectivity index (χ0) is 7.98. The average molecular weight is 165 g/mol. The molecule has 0 spiro atoms. The molecule has 1 N–H and O–H groups in total. The van der Waals surface area contributed by atoms with Gasteiger partial charge in [-0.15, -0.1) is 11.6 Å². The Morgan fingerprint density at radius 2 is 2.40 bits per heavy atom. The predicted molar refractivity (Wildman–Crippen MR) is 42.4 cm³/mol. The second-order valence-corrected chi connectivity index (χ2v) is 2.87. The van der Waals surface area contributed by atoms with Crippen LogP contribution < -0.4 is 0 Å². The summed E-state index contributed by atoms with van der Waals surface area (Å²) >= 11 is 5.54. The van der Waals surface area contributed by atoms with Crippen molar-refractivity contribution >= 4 is 11.6 Å². The van der Waals surface area contributed by atoms with Gasteiger partial charge in [0, 0.05) is 0 Å². The number of aliphatic hydroxyl groups is 1. The van der Waals surface area contributed by atoms with Crippen LogP contribution in [0.4, 0.5) is 0 Å². The number of hydrogen-bond donors (Lipinski definition) is 1. The summed E-state index contributed by atoms with van der Waals surface area (Å²) in [6, 6.07) is 0. The van der Waals surface area contributed by atoms with Crippen molar-refractivity contribution in [3.05, 3.63) is 12.2 Å². The molecule has 0 saturated heterocycles. The maximum absolute atomic E-state index is 8.47. The highest BCUT2D eigenvalue weighted by Crippen LogP contribution is 1.96. The first-order valence-electron chi connectivity index (χ1n) is 3.14. The van der Waals surface area contributed by atoms with E-state index in [0.717, 1.165) is 5.57 Å². The standard InChI is InChI=1S/C7H13ClO2/c1-6(2)4-10-5-7(8)3-9/h7,9H,1,3-5H2,2H3. The molecular weight excluding hydrogens is 152 g/mol. The molecule has 0 amide bonds. The van der Waals surface area contributed by atoms with E-state index < -0.39 is 0 Å². The Morgan fingerprint density at radius 1 is 1.80 bits per heavy atom. The number of halogens is 1. The molecule has 0 aromatic carbocycles. The molecule has 0 rings (SSSR count). The second kappa shape index (κ2) is 5.71. The molecule has 0 saturated carbocycles. The molecule has 10 heavy (non-hydrogen) atoms. The fraction of sp³-hybridized carbons (Fsp3) is 0.714. The number of hydrogen-bond acceptors (Lipinski definition) is 2. The maximum atomic E-state index is 8.47. The molecule has 0 aliphatic heterocycles. The van der Waals surface area contributed by atoms with Crippen LogP contribution in [0, 0.1) is 0 Å². The third kappa shape index (κ3) is 6.08. The van der Waals surface area contributed by atoms with Gasteiger partial charge in [-0.25, -0.2) is 0 Å². The van der Waals surface area contributed by atoms with E-state index in [4.69, 9.17) is 21.4 Å². The van der Waals surface area contributed by atoms with Crippen LogP contribution in [-0.4, -0.2) is 30.3 Å². The lowest BCUT2D eigenvalue weighted by Crippen LogP contribution is -2.13. The van der Waals surface area contributed by atoms with Crippen LogP contribution in [0.2, 0.25) is 0 Å². The van der Waals surface area contributed by atoms with Gasteiger partial charge in [-0.1, -0.05) is 12.2 Å². The summed E-state index contributed by atoms with van der Waals surface area (Å²) < 4.78 is 5.06. The minimum Gasteiger partial charge on any atom is -0.395 e. The van der Waals surface area contributed by atoms with Crippen molar-refractivity contribution in [2.24, 2.45) is 0 Å². The molecule has 0 aromatic heterocycles. The Balaban J connectivity index is 3.11. The maximum Gasteiger partial charge on any atom is 0.0800 e. The van der Waals surface area contributed by atoms with Gasteiger partial charge in [0.05, 0.1) is 25.2 Å². The third-order valence-electron chi connectivity index (χ3n) is 0.845. The SMILES string of the molecule is C=C(C)COCC(Cl)CO. The van der Waals surface area contributed by atoms with Crippen LogP contribution in [0.1, 0.15) is 6.92 Å². The molecule has 0 fully saturated rings. The molecule has 0 bridgehead atoms. The van der Waals surface area contributed by atoms with E-state index in [1.165, 1.54) is 0 Å². The minimum absolute atomic E-state index is 0.0439. The van der Waals surface area contributed by atoms with Gasteiger partial charge in [0.25, 0.3) is 0 Å². The van der Waals surface area contributed by atoms with Gasteiger partial charge in [0.15, 0.2) is 0 Å². The summed E-state index contributed by atoms with van der Waals surface area (Å²) in [5, 5.41) is 8.17. The largest absolute Gasteiger partial charge is 0.395 e. The van der Waals surface area contributed by atoms with Crippen LogP contribution in [0.3, 0.4) is 0 Å². The van der Waals surface area contributed by atoms with Crippen LogP contribution >= 0.6 is 11.6 Å². The van der Waals surface area contributed by atoms with E-state index in [1.807, 2.05) is 6.92 Å². The fourth-order valence-corrected chi connectivity index (χ4v) is 0.503. The van der Waals surface area contributed by atoms with Crippen molar-refractivity contribution in [1.29, 1.82) is 0 Å². The number of alkyl halides is 1. The Kier molecular flexibility index (Phi) is 5.69. The summed E-state index contributed by atoms with van der Waals surface area (Å²) in [5.41, 5.74) is 0.960. The molecule has 3 heteroatoms. The van der Waals surface area contributed by atoms with E-state index in [-0.39, 0.29) is 12.0 Å². The van der Waals surface area contributed by atoms with Crippen molar-refractivity contribution in [2.45, 2.75) is 12.3 Å². The Bertz CT molecular complexity index is 104. The molecule has 0 aromatic rings. The molecular formula is C7H13ClO2. The zero-order valence-corrected chi connectivity index (χ0v) is 6.90. The van der Waals surface area contributed by atoms with Gasteiger partial charge in [0.1, 0.15) is 0 Å². The molecule has 0 heterocycles. The lowest BCUT2D eigenvalue weighted by molar-refractivity contribution is 0.137. The van der Waals surface area contributed by atoms with E-state index in [9.17, 15) is 0 Å². The second-order valence-electron chi connectivity index (χ2n) is 2.25. The summed E-state index contributed by atoms with van der Waals surface area (Å²) in [6.07, 6.45) is 0. The average Bonchev–Trinajstić information content (AvgIpc) is 1.87. The molecule has 1 unspecified atom stereocenters. The molecule has 0 aliphatic carbocycles. The van der Waals surface area contributed by atoms with Crippen molar-refractivity contribution in [2.75, 3.05) is 19.8 Å². The van der Waals surface area contributed by atoms with Gasteiger partial charge in [-0.2, -0.15) is 0 Å². The summed E-state index contributed by atoms with van der Waals surface area (Å²) in [6.45, 7) is 6.38. The van der Waals surface area contributed by atoms with Crippen LogP contribution in [-0.2, 0) is 4.74 Å². The van der Waals surface area contributed by atoms with Crippen LogP contribution in [0.15, 0.2) is 12.2 Å². The van der Waals surface area contributed by atoms with Crippen molar-refractivity contribution in [1.82, 2.24) is 0 Å². The van der Waals surface area contributed by atoms with E-state index in [1.54, 1.807) is 0 Å². The van der Waals surface area contributed by atoms with Gasteiger partial charge in [-0.05, 0) is 6.92 Å². The van der Waals surface area contributed by atoms with Gasteiger partial charge in [0.2, 0.25) is 0 Å². The third-order valence-corrected chi connectivity index (χ3v) is 1.11. The summed E-state index contributed by atoms with van der Waals surface area (Å²) in [5.74, 6) is 0. The van der Waals surface area contributed by atoms with E-state index >= 15 is 0 Å². The van der Waals surface area contributed by atoms with Crippen LogP contribution in [0.5, 0.6) is 0 Å². The first-order valence-corrected chi connectivity index (χ1v) is 3.57. The smallest absolute Gasteiger partial charge is 0.0800 e.